The standard InChI is InChI=1S/C24H22ClF2N3O2/c1-24(2)23(31)22(28-10-12-5-4-8-32-12)19-17(30-24)9-16(26)18(20(19)27)14-7-3-6-13-15(25)11-29-21(13)14/h3-9,11,22-23,28-31H,10H2,1-2H3/t22-,23+/m1/s1. The van der Waals surface area contributed by atoms with Crippen molar-refractivity contribution in [3.05, 3.63) is 76.8 Å². The second-order valence-corrected chi connectivity index (χ2v) is 9.01. The van der Waals surface area contributed by atoms with Gasteiger partial charge in [-0.2, -0.15) is 0 Å². The largest absolute Gasteiger partial charge is 0.468 e. The number of aromatic amines is 1. The fraction of sp³-hybridized carbons (Fsp3) is 0.250. The number of hydrogen-bond acceptors (Lipinski definition) is 4. The summed E-state index contributed by atoms with van der Waals surface area (Å²) in [6.45, 7) is 3.85. The van der Waals surface area contributed by atoms with E-state index >= 15 is 8.78 Å². The van der Waals surface area contributed by atoms with E-state index in [-0.39, 0.29) is 17.7 Å². The number of furan rings is 1. The molecule has 0 aliphatic carbocycles. The summed E-state index contributed by atoms with van der Waals surface area (Å²) >= 11 is 6.21. The Hall–Kier alpha value is -2.87. The number of benzene rings is 2. The Balaban J connectivity index is 1.68. The van der Waals surface area contributed by atoms with Crippen LogP contribution >= 0.6 is 11.6 Å². The van der Waals surface area contributed by atoms with E-state index in [2.05, 4.69) is 15.6 Å². The molecule has 4 N–H and O–H groups in total. The monoisotopic (exact) mass is 457 g/mol. The maximum absolute atomic E-state index is 16.1. The summed E-state index contributed by atoms with van der Waals surface area (Å²) in [7, 11) is 0. The third-order valence-electron chi connectivity index (χ3n) is 6.09. The Bertz CT molecular complexity index is 1300. The van der Waals surface area contributed by atoms with E-state index in [0.29, 0.717) is 32.9 Å². The molecular weight excluding hydrogens is 436 g/mol. The van der Waals surface area contributed by atoms with Crippen molar-refractivity contribution in [1.82, 2.24) is 10.3 Å². The highest BCUT2D eigenvalue weighted by Gasteiger charge is 2.43. The van der Waals surface area contributed by atoms with E-state index in [4.69, 9.17) is 16.0 Å². The molecule has 1 aliphatic heterocycles. The molecule has 0 radical (unpaired) electrons. The summed E-state index contributed by atoms with van der Waals surface area (Å²) in [5.74, 6) is -0.801. The van der Waals surface area contributed by atoms with Crippen molar-refractivity contribution in [3.63, 3.8) is 0 Å². The molecule has 2 aromatic carbocycles. The van der Waals surface area contributed by atoms with Gasteiger partial charge in [0.05, 0.1) is 46.6 Å². The summed E-state index contributed by atoms with van der Waals surface area (Å²) in [6.07, 6.45) is 2.14. The third-order valence-corrected chi connectivity index (χ3v) is 6.40. The van der Waals surface area contributed by atoms with Crippen molar-refractivity contribution < 1.29 is 18.3 Å². The van der Waals surface area contributed by atoms with E-state index in [1.165, 1.54) is 6.07 Å². The van der Waals surface area contributed by atoms with Gasteiger partial charge < -0.3 is 25.1 Å². The molecule has 0 amide bonds. The van der Waals surface area contributed by atoms with Crippen LogP contribution in [0.2, 0.25) is 5.02 Å². The van der Waals surface area contributed by atoms with Crippen LogP contribution in [0, 0.1) is 11.6 Å². The average Bonchev–Trinajstić information content (AvgIpc) is 3.39. The molecule has 0 fully saturated rings. The van der Waals surface area contributed by atoms with Gasteiger partial charge in [-0.25, -0.2) is 8.78 Å². The number of hydrogen-bond donors (Lipinski definition) is 4. The fourth-order valence-corrected chi connectivity index (χ4v) is 4.66. The van der Waals surface area contributed by atoms with Crippen LogP contribution in [0.4, 0.5) is 14.5 Å². The SMILES string of the molecule is CC1(C)Nc2cc(F)c(-c3cccc4c(Cl)c[nH]c34)c(F)c2[C@@H](NCc2ccco2)[C@@H]1O. The Morgan fingerprint density at radius 2 is 2.03 bits per heavy atom. The predicted octanol–water partition coefficient (Wildman–Crippen LogP) is 5.76. The summed E-state index contributed by atoms with van der Waals surface area (Å²) < 4.78 is 36.8. The van der Waals surface area contributed by atoms with Crippen LogP contribution in [0.15, 0.2) is 53.3 Å². The number of aromatic nitrogens is 1. The number of fused-ring (bicyclic) bond motifs is 2. The van der Waals surface area contributed by atoms with Gasteiger partial charge in [0.2, 0.25) is 0 Å². The normalized spacial score (nSPS) is 19.7. The van der Waals surface area contributed by atoms with Crippen LogP contribution in [0.5, 0.6) is 0 Å². The van der Waals surface area contributed by atoms with Gasteiger partial charge in [-0.05, 0) is 32.0 Å². The van der Waals surface area contributed by atoms with Crippen molar-refractivity contribution >= 4 is 28.2 Å². The van der Waals surface area contributed by atoms with Crippen LogP contribution in [0.1, 0.15) is 31.2 Å². The number of aliphatic hydroxyl groups excluding tert-OH is 1. The van der Waals surface area contributed by atoms with Gasteiger partial charge in [0.15, 0.2) is 0 Å². The van der Waals surface area contributed by atoms with Crippen LogP contribution in [0.3, 0.4) is 0 Å². The molecule has 5 nitrogen and oxygen atoms in total. The predicted molar refractivity (Wildman–Crippen MR) is 121 cm³/mol. The minimum Gasteiger partial charge on any atom is -0.468 e. The van der Waals surface area contributed by atoms with Crippen molar-refractivity contribution in [2.45, 2.75) is 38.1 Å². The average molecular weight is 458 g/mol. The first kappa shape index (κ1) is 21.0. The molecule has 5 rings (SSSR count). The number of H-pyrrole nitrogens is 1. The van der Waals surface area contributed by atoms with Gasteiger partial charge in [-0.1, -0.05) is 29.8 Å². The molecule has 166 valence electrons. The lowest BCUT2D eigenvalue weighted by atomic mass is 9.81. The molecule has 2 atom stereocenters. The van der Waals surface area contributed by atoms with Gasteiger partial charge >= 0.3 is 0 Å². The maximum Gasteiger partial charge on any atom is 0.140 e. The summed E-state index contributed by atoms with van der Waals surface area (Å²) in [5, 5.41) is 18.5. The minimum atomic E-state index is -0.992. The second-order valence-electron chi connectivity index (χ2n) is 8.60. The van der Waals surface area contributed by atoms with Gasteiger partial charge in [-0.3, -0.25) is 0 Å². The summed E-state index contributed by atoms with van der Waals surface area (Å²) in [6, 6.07) is 9.17. The maximum atomic E-state index is 16.1. The first-order valence-corrected chi connectivity index (χ1v) is 10.7. The van der Waals surface area contributed by atoms with E-state index in [0.717, 1.165) is 0 Å². The molecule has 4 aromatic rings. The molecule has 1 aliphatic rings. The zero-order valence-corrected chi connectivity index (χ0v) is 18.2. The smallest absolute Gasteiger partial charge is 0.140 e. The van der Waals surface area contributed by atoms with E-state index < -0.39 is 29.3 Å². The second kappa shape index (κ2) is 7.62. The molecule has 0 saturated carbocycles. The number of para-hydroxylation sites is 1. The van der Waals surface area contributed by atoms with Crippen molar-refractivity contribution in [2.75, 3.05) is 5.32 Å². The van der Waals surface area contributed by atoms with E-state index in [1.54, 1.807) is 56.6 Å². The highest BCUT2D eigenvalue weighted by molar-refractivity contribution is 6.36. The molecule has 0 bridgehead atoms. The molecule has 0 unspecified atom stereocenters. The zero-order chi connectivity index (χ0) is 22.6. The molecule has 0 spiro atoms. The van der Waals surface area contributed by atoms with Gasteiger partial charge in [0, 0.05) is 28.4 Å². The lowest BCUT2D eigenvalue weighted by molar-refractivity contribution is 0.0655. The number of rotatable bonds is 4. The fourth-order valence-electron chi connectivity index (χ4n) is 4.45. The highest BCUT2D eigenvalue weighted by Crippen LogP contribution is 2.44. The Labute approximate surface area is 188 Å². The molecule has 2 aromatic heterocycles. The van der Waals surface area contributed by atoms with E-state index in [1.807, 2.05) is 0 Å². The lowest BCUT2D eigenvalue weighted by Crippen LogP contribution is -2.54. The topological polar surface area (TPSA) is 73.2 Å². The third kappa shape index (κ3) is 3.28. The Kier molecular flexibility index (Phi) is 5.00. The van der Waals surface area contributed by atoms with Crippen molar-refractivity contribution in [3.8, 4) is 11.1 Å². The van der Waals surface area contributed by atoms with Gasteiger partial charge in [0.25, 0.3) is 0 Å². The number of anilines is 1. The lowest BCUT2D eigenvalue weighted by Gasteiger charge is -2.44. The molecular formula is C24H22ClF2N3O2. The van der Waals surface area contributed by atoms with Gasteiger partial charge in [-0.15, -0.1) is 0 Å². The molecule has 3 heterocycles. The molecule has 8 heteroatoms. The Morgan fingerprint density at radius 3 is 2.78 bits per heavy atom. The first-order chi connectivity index (χ1) is 15.3. The quantitative estimate of drug-likeness (QED) is 0.314. The Morgan fingerprint density at radius 1 is 1.22 bits per heavy atom. The van der Waals surface area contributed by atoms with Crippen molar-refractivity contribution in [2.24, 2.45) is 0 Å². The number of halogens is 3. The molecule has 32 heavy (non-hydrogen) atoms. The van der Waals surface area contributed by atoms with Crippen LogP contribution in [-0.4, -0.2) is 21.7 Å². The number of aliphatic hydroxyl groups is 1. The summed E-state index contributed by atoms with van der Waals surface area (Å²) in [4.78, 5) is 3.01. The van der Waals surface area contributed by atoms with Crippen LogP contribution < -0.4 is 10.6 Å². The summed E-state index contributed by atoms with van der Waals surface area (Å²) in [5.41, 5.74) is 0.381. The van der Waals surface area contributed by atoms with E-state index in [9.17, 15) is 5.11 Å². The van der Waals surface area contributed by atoms with Crippen molar-refractivity contribution in [1.29, 1.82) is 0 Å². The van der Waals surface area contributed by atoms with Crippen LogP contribution in [0.25, 0.3) is 22.0 Å². The van der Waals surface area contributed by atoms with Gasteiger partial charge in [0.1, 0.15) is 17.4 Å². The number of nitrogens with one attached hydrogen (secondary N) is 3. The highest BCUT2D eigenvalue weighted by atomic mass is 35.5. The van der Waals surface area contributed by atoms with Crippen LogP contribution in [-0.2, 0) is 6.54 Å². The zero-order valence-electron chi connectivity index (χ0n) is 17.5. The first-order valence-electron chi connectivity index (χ1n) is 10.3. The molecule has 0 saturated heterocycles. The minimum absolute atomic E-state index is 0.175.